The van der Waals surface area contributed by atoms with Crippen molar-refractivity contribution in [1.29, 1.82) is 0 Å². The lowest BCUT2D eigenvalue weighted by Crippen LogP contribution is -2.40. The summed E-state index contributed by atoms with van der Waals surface area (Å²) in [6.07, 6.45) is 1.40. The highest BCUT2D eigenvalue weighted by molar-refractivity contribution is 7.89. The summed E-state index contributed by atoms with van der Waals surface area (Å²) in [5.41, 5.74) is 3.11. The second-order valence-electron chi connectivity index (χ2n) is 6.69. The molecule has 3 rings (SSSR count). The number of ether oxygens (including phenoxy) is 4. The maximum Gasteiger partial charge on any atom is 0.271 e. The first-order valence-corrected chi connectivity index (χ1v) is 11.2. The highest BCUT2D eigenvalue weighted by Crippen LogP contribution is 2.33. The van der Waals surface area contributed by atoms with E-state index >= 15 is 0 Å². The third-order valence-corrected chi connectivity index (χ3v) is 6.70. The number of carbonyl (C=O) groups is 1. The molecule has 0 radical (unpaired) electrons. The monoisotopic (exact) mass is 463 g/mol. The number of morpholine rings is 1. The quantitative estimate of drug-likeness (QED) is 0.466. The summed E-state index contributed by atoms with van der Waals surface area (Å²) in [7, 11) is 0.803. The van der Waals surface area contributed by atoms with Crippen LogP contribution in [0.1, 0.15) is 15.9 Å². The average molecular weight is 464 g/mol. The van der Waals surface area contributed by atoms with Crippen LogP contribution in [-0.2, 0) is 14.8 Å². The highest BCUT2D eigenvalue weighted by atomic mass is 32.2. The van der Waals surface area contributed by atoms with E-state index in [1.807, 2.05) is 0 Å². The SMILES string of the molecule is COc1cc(OC)c(OC)cc1C=NNC(=O)c1cccc(S(=O)(=O)N2CCOCC2)c1. The van der Waals surface area contributed by atoms with Gasteiger partial charge in [0, 0.05) is 30.3 Å². The van der Waals surface area contributed by atoms with Crippen molar-refractivity contribution < 1.29 is 32.2 Å². The van der Waals surface area contributed by atoms with Crippen LogP contribution in [0.2, 0.25) is 0 Å². The number of benzene rings is 2. The fraction of sp³-hybridized carbons (Fsp3) is 0.333. The van der Waals surface area contributed by atoms with E-state index in [2.05, 4.69) is 10.5 Å². The first-order valence-electron chi connectivity index (χ1n) is 9.72. The Morgan fingerprint density at radius 2 is 1.69 bits per heavy atom. The minimum absolute atomic E-state index is 0.0394. The van der Waals surface area contributed by atoms with Crippen LogP contribution in [0.25, 0.3) is 0 Å². The van der Waals surface area contributed by atoms with Gasteiger partial charge in [-0.2, -0.15) is 9.41 Å². The largest absolute Gasteiger partial charge is 0.496 e. The normalized spacial score (nSPS) is 14.8. The van der Waals surface area contributed by atoms with Gasteiger partial charge in [-0.1, -0.05) is 6.07 Å². The molecular formula is C21H25N3O7S. The van der Waals surface area contributed by atoms with Gasteiger partial charge in [0.05, 0.1) is 45.7 Å². The van der Waals surface area contributed by atoms with Crippen LogP contribution in [0.5, 0.6) is 17.2 Å². The summed E-state index contributed by atoms with van der Waals surface area (Å²) in [5.74, 6) is 0.880. The van der Waals surface area contributed by atoms with E-state index < -0.39 is 15.9 Å². The van der Waals surface area contributed by atoms with Crippen LogP contribution in [-0.4, -0.2) is 72.5 Å². The molecule has 1 saturated heterocycles. The maximum absolute atomic E-state index is 12.8. The van der Waals surface area contributed by atoms with Crippen molar-refractivity contribution >= 4 is 22.1 Å². The predicted molar refractivity (Wildman–Crippen MR) is 117 cm³/mol. The number of sulfonamides is 1. The van der Waals surface area contributed by atoms with Crippen molar-refractivity contribution in [2.45, 2.75) is 4.90 Å². The topological polar surface area (TPSA) is 116 Å². The first-order chi connectivity index (χ1) is 15.4. The molecule has 0 spiro atoms. The summed E-state index contributed by atoms with van der Waals surface area (Å²) in [4.78, 5) is 12.6. The molecule has 32 heavy (non-hydrogen) atoms. The Balaban J connectivity index is 1.76. The van der Waals surface area contributed by atoms with Gasteiger partial charge in [0.25, 0.3) is 5.91 Å². The summed E-state index contributed by atoms with van der Waals surface area (Å²) in [6.45, 7) is 1.23. The molecule has 0 atom stereocenters. The summed E-state index contributed by atoms with van der Waals surface area (Å²) < 4.78 is 48.0. The fourth-order valence-electron chi connectivity index (χ4n) is 3.11. The smallest absolute Gasteiger partial charge is 0.271 e. The van der Waals surface area contributed by atoms with Crippen LogP contribution >= 0.6 is 0 Å². The van der Waals surface area contributed by atoms with E-state index in [9.17, 15) is 13.2 Å². The zero-order chi connectivity index (χ0) is 23.1. The molecule has 10 nitrogen and oxygen atoms in total. The summed E-state index contributed by atoms with van der Waals surface area (Å²) in [6, 6.07) is 9.11. The van der Waals surface area contributed by atoms with Crippen molar-refractivity contribution in [1.82, 2.24) is 9.73 Å². The predicted octanol–water partition coefficient (Wildman–Crippen LogP) is 1.50. The number of nitrogens with zero attached hydrogens (tertiary/aromatic N) is 2. The van der Waals surface area contributed by atoms with Gasteiger partial charge in [-0.25, -0.2) is 13.8 Å². The van der Waals surface area contributed by atoms with E-state index in [0.29, 0.717) is 36.0 Å². The summed E-state index contributed by atoms with van der Waals surface area (Å²) >= 11 is 0. The standard InChI is InChI=1S/C21H25N3O7S/c1-28-18-13-20(30-3)19(29-2)12-16(18)14-22-23-21(25)15-5-4-6-17(11-15)32(26,27)24-7-9-31-10-8-24/h4-6,11-14H,7-10H2,1-3H3,(H,23,25). The molecule has 172 valence electrons. The van der Waals surface area contributed by atoms with Crippen LogP contribution in [0.4, 0.5) is 0 Å². The molecule has 1 amide bonds. The Labute approximate surface area is 186 Å². The minimum atomic E-state index is -3.71. The zero-order valence-corrected chi connectivity index (χ0v) is 18.8. The molecule has 1 aliphatic rings. The van der Waals surface area contributed by atoms with E-state index in [1.165, 1.54) is 56.1 Å². The van der Waals surface area contributed by atoms with Gasteiger partial charge in [-0.15, -0.1) is 0 Å². The number of hydrogen-bond donors (Lipinski definition) is 1. The number of nitrogens with one attached hydrogen (secondary N) is 1. The second-order valence-corrected chi connectivity index (χ2v) is 8.63. The number of amides is 1. The van der Waals surface area contributed by atoms with Gasteiger partial charge in [0.1, 0.15) is 5.75 Å². The third-order valence-electron chi connectivity index (χ3n) is 4.81. The molecule has 1 aliphatic heterocycles. The summed E-state index contributed by atoms with van der Waals surface area (Å²) in [5, 5.41) is 3.96. The van der Waals surface area contributed by atoms with E-state index in [1.54, 1.807) is 12.1 Å². The van der Waals surface area contributed by atoms with Gasteiger partial charge in [0.15, 0.2) is 11.5 Å². The van der Waals surface area contributed by atoms with Crippen molar-refractivity contribution in [2.24, 2.45) is 5.10 Å². The second kappa shape index (κ2) is 10.4. The first kappa shape index (κ1) is 23.5. The van der Waals surface area contributed by atoms with Crippen LogP contribution < -0.4 is 19.6 Å². The van der Waals surface area contributed by atoms with E-state index in [-0.39, 0.29) is 23.5 Å². The number of hydrogen-bond acceptors (Lipinski definition) is 8. The Morgan fingerprint density at radius 3 is 2.34 bits per heavy atom. The van der Waals surface area contributed by atoms with Crippen LogP contribution in [0.15, 0.2) is 46.4 Å². The molecule has 11 heteroatoms. The fourth-order valence-corrected chi connectivity index (χ4v) is 4.57. The Bertz CT molecular complexity index is 1100. The van der Waals surface area contributed by atoms with Crippen molar-refractivity contribution in [3.05, 3.63) is 47.5 Å². The van der Waals surface area contributed by atoms with Crippen molar-refractivity contribution in [3.63, 3.8) is 0 Å². The average Bonchev–Trinajstić information content (AvgIpc) is 2.84. The number of rotatable bonds is 8. The molecular weight excluding hydrogens is 438 g/mol. The van der Waals surface area contributed by atoms with Gasteiger partial charge in [-0.05, 0) is 24.3 Å². The molecule has 2 aromatic rings. The van der Waals surface area contributed by atoms with Crippen LogP contribution in [0, 0.1) is 0 Å². The lowest BCUT2D eigenvalue weighted by molar-refractivity contribution is 0.0730. The lowest BCUT2D eigenvalue weighted by Gasteiger charge is -2.26. The number of carbonyl (C=O) groups excluding carboxylic acids is 1. The van der Waals surface area contributed by atoms with Gasteiger partial charge < -0.3 is 18.9 Å². The van der Waals surface area contributed by atoms with E-state index in [4.69, 9.17) is 18.9 Å². The molecule has 0 aliphatic carbocycles. The van der Waals surface area contributed by atoms with Crippen LogP contribution in [0.3, 0.4) is 0 Å². The highest BCUT2D eigenvalue weighted by Gasteiger charge is 2.26. The molecule has 0 unspecified atom stereocenters. The number of methoxy groups -OCH3 is 3. The van der Waals surface area contributed by atoms with Gasteiger partial charge in [-0.3, -0.25) is 4.79 Å². The molecule has 2 aromatic carbocycles. The van der Waals surface area contributed by atoms with E-state index in [0.717, 1.165) is 0 Å². The Hall–Kier alpha value is -3.15. The van der Waals surface area contributed by atoms with Gasteiger partial charge in [0.2, 0.25) is 10.0 Å². The zero-order valence-electron chi connectivity index (χ0n) is 18.0. The molecule has 1 fully saturated rings. The maximum atomic E-state index is 12.8. The third kappa shape index (κ3) is 5.18. The van der Waals surface area contributed by atoms with Crippen molar-refractivity contribution in [2.75, 3.05) is 47.6 Å². The molecule has 0 saturated carbocycles. The lowest BCUT2D eigenvalue weighted by atomic mass is 10.2. The molecule has 0 aromatic heterocycles. The Morgan fingerprint density at radius 1 is 1.03 bits per heavy atom. The van der Waals surface area contributed by atoms with Gasteiger partial charge >= 0.3 is 0 Å². The Kier molecular flexibility index (Phi) is 7.67. The van der Waals surface area contributed by atoms with Crippen molar-refractivity contribution in [3.8, 4) is 17.2 Å². The molecule has 1 heterocycles. The molecule has 0 bridgehead atoms. The molecule has 1 N–H and O–H groups in total. The minimum Gasteiger partial charge on any atom is -0.496 e. The number of hydrazone groups is 1.